The average molecular weight is 368 g/mol. The van der Waals surface area contributed by atoms with Gasteiger partial charge in [0.15, 0.2) is 5.82 Å². The Morgan fingerprint density at radius 1 is 1.11 bits per heavy atom. The lowest BCUT2D eigenvalue weighted by molar-refractivity contribution is 0.987. The first-order chi connectivity index (χ1) is 9.05. The van der Waals surface area contributed by atoms with Gasteiger partial charge in [0.05, 0.1) is 9.26 Å². The standard InChI is InChI=1S/C14H17IN4/c1-5-11-12(15)14(16-4)19-13(18-11)10-6-8(2)17-9(3)7-10/h6-7H,5H2,1-4H3,(H,16,18,19). The Morgan fingerprint density at radius 2 is 1.74 bits per heavy atom. The summed E-state index contributed by atoms with van der Waals surface area (Å²) in [5.74, 6) is 1.64. The molecule has 0 bridgehead atoms. The van der Waals surface area contributed by atoms with E-state index in [1.807, 2.05) is 33.0 Å². The molecular formula is C14H17IN4. The quantitative estimate of drug-likeness (QED) is 0.845. The zero-order chi connectivity index (χ0) is 14.0. The summed E-state index contributed by atoms with van der Waals surface area (Å²) in [6.45, 7) is 6.09. The number of anilines is 1. The van der Waals surface area contributed by atoms with Crippen LogP contribution in [0.2, 0.25) is 0 Å². The van der Waals surface area contributed by atoms with E-state index in [4.69, 9.17) is 0 Å². The lowest BCUT2D eigenvalue weighted by atomic mass is 10.2. The van der Waals surface area contributed by atoms with Gasteiger partial charge in [-0.05, 0) is 55.0 Å². The van der Waals surface area contributed by atoms with Gasteiger partial charge in [-0.1, -0.05) is 6.92 Å². The zero-order valence-electron chi connectivity index (χ0n) is 11.6. The smallest absolute Gasteiger partial charge is 0.161 e. The van der Waals surface area contributed by atoms with Crippen molar-refractivity contribution in [1.82, 2.24) is 15.0 Å². The number of pyridine rings is 1. The molecule has 0 fully saturated rings. The van der Waals surface area contributed by atoms with Crippen molar-refractivity contribution >= 4 is 28.4 Å². The van der Waals surface area contributed by atoms with E-state index in [2.05, 4.69) is 49.8 Å². The lowest BCUT2D eigenvalue weighted by Gasteiger charge is -2.10. The van der Waals surface area contributed by atoms with E-state index in [-0.39, 0.29) is 0 Å². The fraction of sp³-hybridized carbons (Fsp3) is 0.357. The monoisotopic (exact) mass is 368 g/mol. The molecule has 5 heteroatoms. The van der Waals surface area contributed by atoms with Crippen LogP contribution in [0.3, 0.4) is 0 Å². The number of halogens is 1. The van der Waals surface area contributed by atoms with Gasteiger partial charge in [0, 0.05) is 24.0 Å². The van der Waals surface area contributed by atoms with E-state index >= 15 is 0 Å². The van der Waals surface area contributed by atoms with Crippen molar-refractivity contribution in [2.24, 2.45) is 0 Å². The molecule has 0 amide bonds. The van der Waals surface area contributed by atoms with Crippen LogP contribution in [0.25, 0.3) is 11.4 Å². The van der Waals surface area contributed by atoms with Gasteiger partial charge < -0.3 is 5.32 Å². The van der Waals surface area contributed by atoms with Gasteiger partial charge in [-0.15, -0.1) is 0 Å². The SMILES string of the molecule is CCc1nc(-c2cc(C)nc(C)c2)nc(NC)c1I. The molecule has 0 unspecified atom stereocenters. The van der Waals surface area contributed by atoms with Crippen LogP contribution in [-0.4, -0.2) is 22.0 Å². The third kappa shape index (κ3) is 3.02. The van der Waals surface area contributed by atoms with Crippen molar-refractivity contribution < 1.29 is 0 Å². The summed E-state index contributed by atoms with van der Waals surface area (Å²) in [5.41, 5.74) is 4.07. The zero-order valence-corrected chi connectivity index (χ0v) is 13.7. The Kier molecular flexibility index (Phi) is 4.34. The second-order valence-electron chi connectivity index (χ2n) is 4.40. The molecule has 2 rings (SSSR count). The summed E-state index contributed by atoms with van der Waals surface area (Å²) < 4.78 is 1.09. The van der Waals surface area contributed by atoms with Gasteiger partial charge in [0.25, 0.3) is 0 Å². The largest absolute Gasteiger partial charge is 0.372 e. The first kappa shape index (κ1) is 14.2. The average Bonchev–Trinajstić information content (AvgIpc) is 2.37. The van der Waals surface area contributed by atoms with Gasteiger partial charge >= 0.3 is 0 Å². The predicted octanol–water partition coefficient (Wildman–Crippen LogP) is 3.36. The van der Waals surface area contributed by atoms with E-state index in [1.54, 1.807) is 0 Å². The summed E-state index contributed by atoms with van der Waals surface area (Å²) in [7, 11) is 1.89. The Balaban J connectivity index is 2.61. The van der Waals surface area contributed by atoms with E-state index < -0.39 is 0 Å². The Morgan fingerprint density at radius 3 is 2.26 bits per heavy atom. The molecule has 2 aromatic rings. The van der Waals surface area contributed by atoms with Gasteiger partial charge in [-0.2, -0.15) is 0 Å². The van der Waals surface area contributed by atoms with Crippen LogP contribution in [0.1, 0.15) is 24.0 Å². The highest BCUT2D eigenvalue weighted by Gasteiger charge is 2.12. The Labute approximate surface area is 127 Å². The fourth-order valence-electron chi connectivity index (χ4n) is 1.99. The maximum absolute atomic E-state index is 4.67. The van der Waals surface area contributed by atoms with Crippen molar-refractivity contribution in [2.45, 2.75) is 27.2 Å². The lowest BCUT2D eigenvalue weighted by Crippen LogP contribution is -2.05. The van der Waals surface area contributed by atoms with Crippen LogP contribution in [0, 0.1) is 17.4 Å². The molecule has 0 spiro atoms. The maximum Gasteiger partial charge on any atom is 0.161 e. The molecular weight excluding hydrogens is 351 g/mol. The molecule has 19 heavy (non-hydrogen) atoms. The minimum absolute atomic E-state index is 0.759. The molecule has 0 aliphatic rings. The van der Waals surface area contributed by atoms with Crippen molar-refractivity contribution in [3.05, 3.63) is 32.8 Å². The first-order valence-electron chi connectivity index (χ1n) is 6.25. The minimum Gasteiger partial charge on any atom is -0.372 e. The number of aromatic nitrogens is 3. The Hall–Kier alpha value is -1.24. The molecule has 0 aliphatic heterocycles. The van der Waals surface area contributed by atoms with E-state index in [1.165, 1.54) is 0 Å². The van der Waals surface area contributed by atoms with Crippen molar-refractivity contribution in [1.29, 1.82) is 0 Å². The summed E-state index contributed by atoms with van der Waals surface area (Å²) in [6, 6.07) is 4.04. The summed E-state index contributed by atoms with van der Waals surface area (Å²) >= 11 is 2.29. The first-order valence-corrected chi connectivity index (χ1v) is 7.32. The summed E-state index contributed by atoms with van der Waals surface area (Å²) in [6.07, 6.45) is 0.894. The third-order valence-electron chi connectivity index (χ3n) is 2.83. The van der Waals surface area contributed by atoms with Crippen molar-refractivity contribution in [3.8, 4) is 11.4 Å². The van der Waals surface area contributed by atoms with Gasteiger partial charge in [0.2, 0.25) is 0 Å². The normalized spacial score (nSPS) is 10.6. The van der Waals surface area contributed by atoms with Crippen LogP contribution >= 0.6 is 22.6 Å². The number of hydrogen-bond acceptors (Lipinski definition) is 4. The molecule has 0 saturated heterocycles. The van der Waals surface area contributed by atoms with Crippen molar-refractivity contribution in [3.63, 3.8) is 0 Å². The molecule has 0 aliphatic carbocycles. The fourth-order valence-corrected chi connectivity index (χ4v) is 2.88. The van der Waals surface area contributed by atoms with Crippen LogP contribution < -0.4 is 5.32 Å². The number of nitrogens with zero attached hydrogens (tertiary/aromatic N) is 3. The second kappa shape index (κ2) is 5.81. The summed E-state index contributed by atoms with van der Waals surface area (Å²) in [5, 5.41) is 3.14. The topological polar surface area (TPSA) is 50.7 Å². The molecule has 0 aromatic carbocycles. The van der Waals surface area contributed by atoms with Crippen molar-refractivity contribution in [2.75, 3.05) is 12.4 Å². The highest BCUT2D eigenvalue weighted by Crippen LogP contribution is 2.24. The molecule has 2 aromatic heterocycles. The molecule has 1 N–H and O–H groups in total. The highest BCUT2D eigenvalue weighted by molar-refractivity contribution is 14.1. The molecule has 0 radical (unpaired) electrons. The van der Waals surface area contributed by atoms with Crippen LogP contribution in [0.4, 0.5) is 5.82 Å². The van der Waals surface area contributed by atoms with E-state index in [9.17, 15) is 0 Å². The number of rotatable bonds is 3. The predicted molar refractivity (Wildman–Crippen MR) is 86.4 cm³/mol. The maximum atomic E-state index is 4.67. The van der Waals surface area contributed by atoms with E-state index in [0.29, 0.717) is 0 Å². The molecule has 0 saturated carbocycles. The van der Waals surface area contributed by atoms with Crippen LogP contribution in [0.15, 0.2) is 12.1 Å². The second-order valence-corrected chi connectivity index (χ2v) is 5.48. The molecule has 2 heterocycles. The van der Waals surface area contributed by atoms with Gasteiger partial charge in [-0.3, -0.25) is 4.98 Å². The van der Waals surface area contributed by atoms with Gasteiger partial charge in [0.1, 0.15) is 5.82 Å². The van der Waals surface area contributed by atoms with Gasteiger partial charge in [-0.25, -0.2) is 9.97 Å². The number of hydrogen-bond donors (Lipinski definition) is 1. The molecule has 0 atom stereocenters. The highest BCUT2D eigenvalue weighted by atomic mass is 127. The van der Waals surface area contributed by atoms with Crippen LogP contribution in [0.5, 0.6) is 0 Å². The minimum atomic E-state index is 0.759. The number of aryl methyl sites for hydroxylation is 3. The third-order valence-corrected chi connectivity index (χ3v) is 3.96. The number of nitrogens with one attached hydrogen (secondary N) is 1. The molecule has 4 nitrogen and oxygen atoms in total. The summed E-state index contributed by atoms with van der Waals surface area (Å²) in [4.78, 5) is 13.6. The van der Waals surface area contributed by atoms with Crippen LogP contribution in [-0.2, 0) is 6.42 Å². The van der Waals surface area contributed by atoms with E-state index in [0.717, 1.165) is 44.3 Å². The Bertz CT molecular complexity index is 565. The molecule has 100 valence electrons.